The third-order valence-corrected chi connectivity index (χ3v) is 7.17. The van der Waals surface area contributed by atoms with Gasteiger partial charge >= 0.3 is 6.09 Å². The van der Waals surface area contributed by atoms with Gasteiger partial charge < -0.3 is 14.5 Å². The van der Waals surface area contributed by atoms with Gasteiger partial charge in [-0.3, -0.25) is 4.79 Å². The fourth-order valence-corrected chi connectivity index (χ4v) is 5.28. The SMILES string of the molecule is COC(=O)N1CCC(c2c(C(=O)N3CC[C@H](c4ccccc4)C3)cnn2-c2ccc(F)cc2)CC1. The van der Waals surface area contributed by atoms with Gasteiger partial charge in [-0.05, 0) is 49.1 Å². The lowest BCUT2D eigenvalue weighted by Gasteiger charge is -2.32. The molecular weight excluding hydrogens is 447 g/mol. The van der Waals surface area contributed by atoms with Gasteiger partial charge in [-0.1, -0.05) is 30.3 Å². The molecule has 2 fully saturated rings. The summed E-state index contributed by atoms with van der Waals surface area (Å²) in [5.74, 6) is 0.00493. The molecule has 2 amide bonds. The largest absolute Gasteiger partial charge is 0.453 e. The van der Waals surface area contributed by atoms with Gasteiger partial charge in [0.1, 0.15) is 5.82 Å². The number of hydrogen-bond acceptors (Lipinski definition) is 4. The highest BCUT2D eigenvalue weighted by molar-refractivity contribution is 5.95. The molecule has 8 heteroatoms. The summed E-state index contributed by atoms with van der Waals surface area (Å²) in [4.78, 5) is 29.3. The molecule has 0 aliphatic carbocycles. The first-order valence-corrected chi connectivity index (χ1v) is 12.1. The van der Waals surface area contributed by atoms with Crippen molar-refractivity contribution >= 4 is 12.0 Å². The van der Waals surface area contributed by atoms with Crippen molar-refractivity contribution in [3.63, 3.8) is 0 Å². The first-order valence-electron chi connectivity index (χ1n) is 12.1. The van der Waals surface area contributed by atoms with Crippen LogP contribution in [0.5, 0.6) is 0 Å². The minimum atomic E-state index is -0.337. The van der Waals surface area contributed by atoms with Crippen molar-refractivity contribution in [3.05, 3.63) is 83.4 Å². The highest BCUT2D eigenvalue weighted by Crippen LogP contribution is 2.34. The van der Waals surface area contributed by atoms with E-state index in [1.807, 2.05) is 23.1 Å². The summed E-state index contributed by atoms with van der Waals surface area (Å²) in [6.07, 6.45) is 3.61. The Kier molecular flexibility index (Phi) is 6.53. The van der Waals surface area contributed by atoms with Crippen LogP contribution in [0.3, 0.4) is 0 Å². The van der Waals surface area contributed by atoms with E-state index in [1.54, 1.807) is 27.9 Å². The normalized spacial score (nSPS) is 18.6. The number of carbonyl (C=O) groups excluding carboxylic acids is 2. The Bertz CT molecular complexity index is 1190. The summed E-state index contributed by atoms with van der Waals surface area (Å²) in [7, 11) is 1.38. The fraction of sp³-hybridized carbons (Fsp3) is 0.370. The van der Waals surface area contributed by atoms with Crippen LogP contribution in [-0.4, -0.2) is 64.9 Å². The molecule has 0 spiro atoms. The molecule has 1 aromatic heterocycles. The molecule has 0 saturated carbocycles. The third-order valence-electron chi connectivity index (χ3n) is 7.17. The number of benzene rings is 2. The first kappa shape index (κ1) is 23.1. The summed E-state index contributed by atoms with van der Waals surface area (Å²) >= 11 is 0. The summed E-state index contributed by atoms with van der Waals surface area (Å²) in [5.41, 5.74) is 3.37. The number of hydrogen-bond donors (Lipinski definition) is 0. The quantitative estimate of drug-likeness (QED) is 0.553. The molecule has 35 heavy (non-hydrogen) atoms. The summed E-state index contributed by atoms with van der Waals surface area (Å²) in [6.45, 7) is 2.45. The maximum Gasteiger partial charge on any atom is 0.409 e. The van der Waals surface area contributed by atoms with Gasteiger partial charge in [0.25, 0.3) is 5.91 Å². The van der Waals surface area contributed by atoms with Gasteiger partial charge in [-0.15, -0.1) is 0 Å². The third kappa shape index (κ3) is 4.65. The molecule has 2 aromatic carbocycles. The number of nitrogens with zero attached hydrogens (tertiary/aromatic N) is 4. The van der Waals surface area contributed by atoms with Crippen LogP contribution in [0.4, 0.5) is 9.18 Å². The highest BCUT2D eigenvalue weighted by atomic mass is 19.1. The van der Waals surface area contributed by atoms with E-state index in [0.717, 1.165) is 12.1 Å². The number of likely N-dealkylation sites (tertiary alicyclic amines) is 2. The Morgan fingerprint density at radius 1 is 0.914 bits per heavy atom. The molecular formula is C27H29FN4O3. The molecule has 182 valence electrons. The maximum absolute atomic E-state index is 13.7. The topological polar surface area (TPSA) is 67.7 Å². The van der Waals surface area contributed by atoms with E-state index in [2.05, 4.69) is 17.2 Å². The molecule has 2 saturated heterocycles. The number of carbonyl (C=O) groups is 2. The second-order valence-electron chi connectivity index (χ2n) is 9.21. The van der Waals surface area contributed by atoms with Crippen LogP contribution in [0, 0.1) is 5.82 Å². The number of ether oxygens (including phenoxy) is 1. The van der Waals surface area contributed by atoms with Crippen molar-refractivity contribution in [1.82, 2.24) is 19.6 Å². The lowest BCUT2D eigenvalue weighted by atomic mass is 9.90. The Balaban J connectivity index is 1.43. The molecule has 7 nitrogen and oxygen atoms in total. The molecule has 0 radical (unpaired) electrons. The van der Waals surface area contributed by atoms with E-state index in [0.29, 0.717) is 56.2 Å². The number of piperidine rings is 1. The molecule has 1 atom stereocenters. The molecule has 0 bridgehead atoms. The van der Waals surface area contributed by atoms with Gasteiger partial charge in [0, 0.05) is 38.0 Å². The zero-order valence-electron chi connectivity index (χ0n) is 19.8. The molecule has 2 aliphatic rings. The molecule has 0 unspecified atom stereocenters. The molecule has 5 rings (SSSR count). The van der Waals surface area contributed by atoms with Crippen molar-refractivity contribution < 1.29 is 18.7 Å². The van der Waals surface area contributed by atoms with Crippen LogP contribution >= 0.6 is 0 Å². The van der Waals surface area contributed by atoms with E-state index in [1.165, 1.54) is 24.8 Å². The Morgan fingerprint density at radius 3 is 2.26 bits per heavy atom. The van der Waals surface area contributed by atoms with Crippen LogP contribution in [0.15, 0.2) is 60.8 Å². The molecule has 3 aromatic rings. The van der Waals surface area contributed by atoms with Crippen LogP contribution in [0.25, 0.3) is 5.69 Å². The van der Waals surface area contributed by atoms with E-state index in [9.17, 15) is 14.0 Å². The molecule has 2 aliphatic heterocycles. The van der Waals surface area contributed by atoms with Gasteiger partial charge in [-0.2, -0.15) is 5.10 Å². The van der Waals surface area contributed by atoms with E-state index in [-0.39, 0.29) is 23.7 Å². The lowest BCUT2D eigenvalue weighted by Crippen LogP contribution is -2.38. The van der Waals surface area contributed by atoms with Gasteiger partial charge in [0.2, 0.25) is 0 Å². The Labute approximate surface area is 204 Å². The second kappa shape index (κ2) is 9.90. The minimum Gasteiger partial charge on any atom is -0.453 e. The minimum absolute atomic E-state index is 0.0257. The van der Waals surface area contributed by atoms with E-state index in [4.69, 9.17) is 4.74 Å². The van der Waals surface area contributed by atoms with Crippen LogP contribution in [0.1, 0.15) is 52.7 Å². The fourth-order valence-electron chi connectivity index (χ4n) is 5.28. The standard InChI is InChI=1S/C27H29FN4O3/c1-35-27(34)30-14-11-20(12-15-30)25-24(17-29-32(25)23-9-7-22(28)8-10-23)26(33)31-16-13-21(18-31)19-5-3-2-4-6-19/h2-10,17,20-21H,11-16,18H2,1H3/t21-/m0/s1. The zero-order chi connectivity index (χ0) is 24.4. The van der Waals surface area contributed by atoms with Crippen molar-refractivity contribution in [2.24, 2.45) is 0 Å². The van der Waals surface area contributed by atoms with Crippen LogP contribution < -0.4 is 0 Å². The molecule has 0 N–H and O–H groups in total. The smallest absolute Gasteiger partial charge is 0.409 e. The summed E-state index contributed by atoms with van der Waals surface area (Å²) in [5, 5.41) is 4.57. The van der Waals surface area contributed by atoms with Crippen LogP contribution in [0.2, 0.25) is 0 Å². The van der Waals surface area contributed by atoms with Gasteiger partial charge in [0.15, 0.2) is 0 Å². The maximum atomic E-state index is 13.7. The average molecular weight is 477 g/mol. The highest BCUT2D eigenvalue weighted by Gasteiger charge is 2.34. The predicted octanol–water partition coefficient (Wildman–Crippen LogP) is 4.59. The zero-order valence-corrected chi connectivity index (χ0v) is 19.8. The average Bonchev–Trinajstić information content (AvgIpc) is 3.57. The van der Waals surface area contributed by atoms with E-state index >= 15 is 0 Å². The van der Waals surface area contributed by atoms with E-state index < -0.39 is 0 Å². The van der Waals surface area contributed by atoms with Gasteiger partial charge in [0.05, 0.1) is 30.3 Å². The number of rotatable bonds is 4. The van der Waals surface area contributed by atoms with Gasteiger partial charge in [-0.25, -0.2) is 13.9 Å². The molecule has 3 heterocycles. The van der Waals surface area contributed by atoms with Crippen molar-refractivity contribution in [2.75, 3.05) is 33.3 Å². The number of amides is 2. The lowest BCUT2D eigenvalue weighted by molar-refractivity contribution is 0.0786. The number of methoxy groups -OCH3 is 1. The van der Waals surface area contributed by atoms with Crippen molar-refractivity contribution in [1.29, 1.82) is 0 Å². The van der Waals surface area contributed by atoms with Crippen molar-refractivity contribution in [3.8, 4) is 5.69 Å². The Morgan fingerprint density at radius 2 is 1.57 bits per heavy atom. The summed E-state index contributed by atoms with van der Waals surface area (Å²) in [6, 6.07) is 16.4. The summed E-state index contributed by atoms with van der Waals surface area (Å²) < 4.78 is 20.2. The first-order chi connectivity index (χ1) is 17.0. The number of halogens is 1. The number of aromatic nitrogens is 2. The van der Waals surface area contributed by atoms with Crippen molar-refractivity contribution in [2.45, 2.75) is 31.1 Å². The monoisotopic (exact) mass is 476 g/mol. The second-order valence-corrected chi connectivity index (χ2v) is 9.21. The van der Waals surface area contributed by atoms with Crippen LogP contribution in [-0.2, 0) is 4.74 Å². The predicted molar refractivity (Wildman–Crippen MR) is 129 cm³/mol. The Hall–Kier alpha value is -3.68.